The molecule has 3 N–H and O–H groups in total. The first-order chi connectivity index (χ1) is 11.0. The van der Waals surface area contributed by atoms with Crippen LogP contribution in [0.4, 0.5) is 0 Å². The van der Waals surface area contributed by atoms with E-state index in [1.165, 1.54) is 5.56 Å². The Morgan fingerprint density at radius 3 is 2.33 bits per heavy atom. The van der Waals surface area contributed by atoms with Gasteiger partial charge in [0.2, 0.25) is 5.91 Å². The number of benzene rings is 1. The fourth-order valence-electron chi connectivity index (χ4n) is 2.00. The second-order valence-electron chi connectivity index (χ2n) is 6.94. The molecule has 1 amide bonds. The van der Waals surface area contributed by atoms with Gasteiger partial charge in [-0.25, -0.2) is 8.42 Å². The van der Waals surface area contributed by atoms with E-state index in [0.29, 0.717) is 13.2 Å². The maximum atomic E-state index is 11.7. The summed E-state index contributed by atoms with van der Waals surface area (Å²) in [6.07, 6.45) is 1.23. The summed E-state index contributed by atoms with van der Waals surface area (Å²) in [5.74, 6) is 0.266. The minimum absolute atomic E-state index is 0.0919. The number of nitrogens with two attached hydrogens (primary N) is 1. The van der Waals surface area contributed by atoms with Crippen molar-refractivity contribution in [1.29, 1.82) is 0 Å². The summed E-state index contributed by atoms with van der Waals surface area (Å²) < 4.78 is 27.7. The largest absolute Gasteiger partial charge is 0.492 e. The molecule has 0 heterocycles. The zero-order valence-electron chi connectivity index (χ0n) is 14.8. The molecular formula is C17H28N2O4S. The molecule has 6 nitrogen and oxygen atoms in total. The van der Waals surface area contributed by atoms with Crippen LogP contribution in [0.5, 0.6) is 5.75 Å². The van der Waals surface area contributed by atoms with E-state index >= 15 is 0 Å². The van der Waals surface area contributed by atoms with Crippen LogP contribution in [0.15, 0.2) is 24.3 Å². The first kappa shape index (κ1) is 20.4. The molecule has 7 heteroatoms. The van der Waals surface area contributed by atoms with Crippen LogP contribution in [0, 0.1) is 0 Å². The smallest absolute Gasteiger partial charge is 0.237 e. The SMILES string of the molecule is CC(C)(C)c1ccc(OCCNC(=O)C(N)CCS(C)(=O)=O)cc1. The number of carbonyl (C=O) groups is 1. The van der Waals surface area contributed by atoms with Crippen molar-refractivity contribution in [3.63, 3.8) is 0 Å². The standard InChI is InChI=1S/C17H28N2O4S/c1-17(2,3)13-5-7-14(8-6-13)23-11-10-19-16(20)15(18)9-12-24(4,21)22/h5-8,15H,9-12,18H2,1-4H3,(H,19,20). The van der Waals surface area contributed by atoms with Gasteiger partial charge in [0.05, 0.1) is 18.3 Å². The Morgan fingerprint density at radius 2 is 1.83 bits per heavy atom. The lowest BCUT2D eigenvalue weighted by atomic mass is 9.87. The molecule has 0 fully saturated rings. The highest BCUT2D eigenvalue weighted by atomic mass is 32.2. The normalized spacial score (nSPS) is 13.4. The van der Waals surface area contributed by atoms with Crippen LogP contribution in [0.3, 0.4) is 0 Å². The monoisotopic (exact) mass is 356 g/mol. The van der Waals surface area contributed by atoms with Gasteiger partial charge in [0.1, 0.15) is 22.2 Å². The van der Waals surface area contributed by atoms with E-state index < -0.39 is 15.9 Å². The number of nitrogens with one attached hydrogen (secondary N) is 1. The van der Waals surface area contributed by atoms with Crippen molar-refractivity contribution in [2.24, 2.45) is 5.73 Å². The van der Waals surface area contributed by atoms with Gasteiger partial charge in [0.15, 0.2) is 0 Å². The number of hydrogen-bond acceptors (Lipinski definition) is 5. The maximum Gasteiger partial charge on any atom is 0.237 e. The topological polar surface area (TPSA) is 98.5 Å². The average Bonchev–Trinajstić information content (AvgIpc) is 2.47. The lowest BCUT2D eigenvalue weighted by Crippen LogP contribution is -2.42. The minimum atomic E-state index is -3.11. The molecule has 0 saturated carbocycles. The van der Waals surface area contributed by atoms with Crippen LogP contribution in [0.1, 0.15) is 32.8 Å². The van der Waals surface area contributed by atoms with Crippen molar-refractivity contribution in [2.45, 2.75) is 38.6 Å². The Hall–Kier alpha value is -1.60. The summed E-state index contributed by atoms with van der Waals surface area (Å²) >= 11 is 0. The first-order valence-electron chi connectivity index (χ1n) is 7.93. The van der Waals surface area contributed by atoms with Crippen LogP contribution in [0.25, 0.3) is 0 Å². The summed E-state index contributed by atoms with van der Waals surface area (Å²) in [5.41, 5.74) is 6.97. The highest BCUT2D eigenvalue weighted by Crippen LogP contribution is 2.24. The molecule has 24 heavy (non-hydrogen) atoms. The third kappa shape index (κ3) is 7.79. The summed E-state index contributed by atoms with van der Waals surface area (Å²) in [4.78, 5) is 11.7. The second kappa shape index (κ2) is 8.48. The lowest BCUT2D eigenvalue weighted by molar-refractivity contribution is -0.122. The second-order valence-corrected chi connectivity index (χ2v) is 9.20. The molecule has 0 aliphatic rings. The van der Waals surface area contributed by atoms with E-state index in [9.17, 15) is 13.2 Å². The van der Waals surface area contributed by atoms with Crippen molar-refractivity contribution in [3.8, 4) is 5.75 Å². The summed E-state index contributed by atoms with van der Waals surface area (Å²) in [6.45, 7) is 7.06. The third-order valence-corrected chi connectivity index (χ3v) is 4.50. The fourth-order valence-corrected chi connectivity index (χ4v) is 2.68. The van der Waals surface area contributed by atoms with E-state index in [-0.39, 0.29) is 23.5 Å². The molecule has 1 atom stereocenters. The van der Waals surface area contributed by atoms with Crippen LogP contribution in [-0.2, 0) is 20.0 Å². The minimum Gasteiger partial charge on any atom is -0.492 e. The van der Waals surface area contributed by atoms with Gasteiger partial charge in [-0.2, -0.15) is 0 Å². The Bertz CT molecular complexity index is 634. The van der Waals surface area contributed by atoms with Crippen LogP contribution >= 0.6 is 0 Å². The molecule has 136 valence electrons. The highest BCUT2D eigenvalue weighted by Gasteiger charge is 2.15. The molecule has 1 unspecified atom stereocenters. The van der Waals surface area contributed by atoms with E-state index in [1.807, 2.05) is 24.3 Å². The fraction of sp³-hybridized carbons (Fsp3) is 0.588. The number of ether oxygens (including phenoxy) is 1. The van der Waals surface area contributed by atoms with Crippen molar-refractivity contribution in [3.05, 3.63) is 29.8 Å². The van der Waals surface area contributed by atoms with Gasteiger partial charge in [-0.3, -0.25) is 4.79 Å². The predicted octanol–water partition coefficient (Wildman–Crippen LogP) is 1.24. The van der Waals surface area contributed by atoms with Crippen LogP contribution in [0.2, 0.25) is 0 Å². The predicted molar refractivity (Wildman–Crippen MR) is 95.9 cm³/mol. The molecule has 1 aromatic carbocycles. The van der Waals surface area contributed by atoms with Gasteiger partial charge in [-0.05, 0) is 29.5 Å². The maximum absolute atomic E-state index is 11.7. The van der Waals surface area contributed by atoms with E-state index in [1.54, 1.807) is 0 Å². The molecule has 0 aliphatic heterocycles. The summed E-state index contributed by atoms with van der Waals surface area (Å²) in [7, 11) is -3.11. The molecule has 0 bridgehead atoms. The molecule has 0 aromatic heterocycles. The van der Waals surface area contributed by atoms with Gasteiger partial charge < -0.3 is 15.8 Å². The molecule has 0 radical (unpaired) electrons. The quantitative estimate of drug-likeness (QED) is 0.683. The number of amides is 1. The Labute approximate surface area is 144 Å². The molecule has 1 aromatic rings. The van der Waals surface area contributed by atoms with Crippen LogP contribution in [-0.4, -0.2) is 45.5 Å². The molecule has 1 rings (SSSR count). The van der Waals surface area contributed by atoms with Gasteiger partial charge in [-0.15, -0.1) is 0 Å². The van der Waals surface area contributed by atoms with Crippen molar-refractivity contribution < 1.29 is 17.9 Å². The molecular weight excluding hydrogens is 328 g/mol. The van der Waals surface area contributed by atoms with E-state index in [0.717, 1.165) is 12.0 Å². The average molecular weight is 356 g/mol. The van der Waals surface area contributed by atoms with Gasteiger partial charge >= 0.3 is 0 Å². The van der Waals surface area contributed by atoms with Crippen LogP contribution < -0.4 is 15.8 Å². The highest BCUT2D eigenvalue weighted by molar-refractivity contribution is 7.90. The summed E-state index contributed by atoms with van der Waals surface area (Å²) in [6, 6.07) is 7.02. The number of hydrogen-bond donors (Lipinski definition) is 2. The third-order valence-electron chi connectivity index (χ3n) is 3.53. The summed E-state index contributed by atoms with van der Waals surface area (Å²) in [5, 5.41) is 2.64. The number of carbonyl (C=O) groups excluding carboxylic acids is 1. The lowest BCUT2D eigenvalue weighted by Gasteiger charge is -2.19. The van der Waals surface area contributed by atoms with E-state index in [4.69, 9.17) is 10.5 Å². The van der Waals surface area contributed by atoms with E-state index in [2.05, 4.69) is 26.1 Å². The zero-order valence-corrected chi connectivity index (χ0v) is 15.7. The van der Waals surface area contributed by atoms with Crippen molar-refractivity contribution >= 4 is 15.7 Å². The first-order valence-corrected chi connectivity index (χ1v) is 9.99. The Balaban J connectivity index is 2.31. The van der Waals surface area contributed by atoms with Crippen molar-refractivity contribution in [2.75, 3.05) is 25.2 Å². The van der Waals surface area contributed by atoms with Gasteiger partial charge in [0.25, 0.3) is 0 Å². The van der Waals surface area contributed by atoms with Gasteiger partial charge in [-0.1, -0.05) is 32.9 Å². The molecule has 0 saturated heterocycles. The van der Waals surface area contributed by atoms with Gasteiger partial charge in [0, 0.05) is 6.26 Å². The molecule has 0 aliphatic carbocycles. The molecule has 0 spiro atoms. The Morgan fingerprint density at radius 1 is 1.25 bits per heavy atom. The number of rotatable bonds is 8. The van der Waals surface area contributed by atoms with Crippen molar-refractivity contribution in [1.82, 2.24) is 5.32 Å². The number of sulfone groups is 1. The Kier molecular flexibility index (Phi) is 7.23. The zero-order chi connectivity index (χ0) is 18.4.